The SMILES string of the molecule is CN(C)C(=O)CCNCc1c[nH]c2ncccc12. The van der Waals surface area contributed by atoms with Crippen LogP contribution in [0.25, 0.3) is 11.0 Å². The molecule has 2 aromatic heterocycles. The number of hydrogen-bond acceptors (Lipinski definition) is 3. The topological polar surface area (TPSA) is 61.0 Å². The van der Waals surface area contributed by atoms with E-state index in [2.05, 4.69) is 15.3 Å². The molecule has 2 aromatic rings. The fraction of sp³-hybridized carbons (Fsp3) is 0.385. The number of nitrogens with zero attached hydrogens (tertiary/aromatic N) is 2. The van der Waals surface area contributed by atoms with Gasteiger partial charge in [0, 0.05) is 51.4 Å². The molecule has 0 atom stereocenters. The van der Waals surface area contributed by atoms with E-state index >= 15 is 0 Å². The summed E-state index contributed by atoms with van der Waals surface area (Å²) < 4.78 is 0. The Bertz CT molecular complexity index is 533. The zero-order valence-electron chi connectivity index (χ0n) is 10.7. The third kappa shape index (κ3) is 2.87. The standard InChI is InChI=1S/C13H18N4O/c1-17(2)12(18)5-7-14-8-10-9-16-13-11(10)4-3-6-15-13/h3-4,6,9,14H,5,7-8H2,1-2H3,(H,15,16). The van der Waals surface area contributed by atoms with Gasteiger partial charge in [-0.3, -0.25) is 4.79 Å². The van der Waals surface area contributed by atoms with Gasteiger partial charge in [-0.15, -0.1) is 0 Å². The Kier molecular flexibility index (Phi) is 3.94. The molecule has 0 saturated heterocycles. The van der Waals surface area contributed by atoms with Crippen LogP contribution in [0.1, 0.15) is 12.0 Å². The highest BCUT2D eigenvalue weighted by Gasteiger charge is 2.05. The van der Waals surface area contributed by atoms with Crippen molar-refractivity contribution >= 4 is 16.9 Å². The summed E-state index contributed by atoms with van der Waals surface area (Å²) in [6, 6.07) is 3.97. The van der Waals surface area contributed by atoms with Gasteiger partial charge in [0.05, 0.1) is 0 Å². The van der Waals surface area contributed by atoms with Crippen LogP contribution in [0.5, 0.6) is 0 Å². The number of aromatic nitrogens is 2. The van der Waals surface area contributed by atoms with E-state index in [1.165, 1.54) is 5.56 Å². The number of aromatic amines is 1. The third-order valence-electron chi connectivity index (χ3n) is 2.87. The molecule has 0 aliphatic carbocycles. The minimum atomic E-state index is 0.142. The molecule has 0 aromatic carbocycles. The van der Waals surface area contributed by atoms with Gasteiger partial charge < -0.3 is 15.2 Å². The van der Waals surface area contributed by atoms with Gasteiger partial charge >= 0.3 is 0 Å². The summed E-state index contributed by atoms with van der Waals surface area (Å²) in [5.41, 5.74) is 2.08. The van der Waals surface area contributed by atoms with E-state index in [0.717, 1.165) is 17.6 Å². The van der Waals surface area contributed by atoms with Gasteiger partial charge in [-0.05, 0) is 17.7 Å². The molecule has 0 bridgehead atoms. The number of rotatable bonds is 5. The minimum absolute atomic E-state index is 0.142. The molecule has 0 aliphatic heterocycles. The van der Waals surface area contributed by atoms with Crippen LogP contribution < -0.4 is 5.32 Å². The van der Waals surface area contributed by atoms with Gasteiger partial charge in [-0.2, -0.15) is 0 Å². The first kappa shape index (κ1) is 12.6. The number of pyridine rings is 1. The Labute approximate surface area is 106 Å². The van der Waals surface area contributed by atoms with Gasteiger partial charge in [0.1, 0.15) is 5.65 Å². The fourth-order valence-corrected chi connectivity index (χ4v) is 1.80. The number of nitrogens with one attached hydrogen (secondary N) is 2. The molecule has 5 heteroatoms. The second-order valence-electron chi connectivity index (χ2n) is 4.43. The first-order valence-electron chi connectivity index (χ1n) is 6.00. The van der Waals surface area contributed by atoms with Crippen LogP contribution >= 0.6 is 0 Å². The molecule has 2 N–H and O–H groups in total. The fourth-order valence-electron chi connectivity index (χ4n) is 1.80. The number of amides is 1. The van der Waals surface area contributed by atoms with Crippen LogP contribution in [0.2, 0.25) is 0 Å². The molecular formula is C13H18N4O. The van der Waals surface area contributed by atoms with Crippen molar-refractivity contribution in [3.05, 3.63) is 30.1 Å². The Balaban J connectivity index is 1.85. The molecule has 0 spiro atoms. The number of fused-ring (bicyclic) bond motifs is 1. The van der Waals surface area contributed by atoms with E-state index in [1.54, 1.807) is 25.2 Å². The average Bonchev–Trinajstić information content (AvgIpc) is 2.77. The van der Waals surface area contributed by atoms with Gasteiger partial charge in [-0.1, -0.05) is 0 Å². The van der Waals surface area contributed by atoms with E-state index in [-0.39, 0.29) is 5.91 Å². The highest BCUT2D eigenvalue weighted by molar-refractivity contribution is 5.79. The van der Waals surface area contributed by atoms with E-state index < -0.39 is 0 Å². The van der Waals surface area contributed by atoms with Crippen molar-refractivity contribution in [2.24, 2.45) is 0 Å². The first-order valence-corrected chi connectivity index (χ1v) is 6.00. The molecule has 2 rings (SSSR count). The number of carbonyl (C=O) groups excluding carboxylic acids is 1. The molecule has 0 fully saturated rings. The summed E-state index contributed by atoms with van der Waals surface area (Å²) in [7, 11) is 3.54. The van der Waals surface area contributed by atoms with E-state index in [4.69, 9.17) is 0 Å². The Hall–Kier alpha value is -1.88. The quantitative estimate of drug-likeness (QED) is 0.777. The smallest absolute Gasteiger partial charge is 0.223 e. The summed E-state index contributed by atoms with van der Waals surface area (Å²) in [6.45, 7) is 1.43. The predicted molar refractivity (Wildman–Crippen MR) is 71.1 cm³/mol. The Morgan fingerprint density at radius 1 is 1.50 bits per heavy atom. The molecule has 1 amide bonds. The normalized spacial score (nSPS) is 10.8. The van der Waals surface area contributed by atoms with Gasteiger partial charge in [-0.25, -0.2) is 4.98 Å². The summed E-state index contributed by atoms with van der Waals surface area (Å²) in [5, 5.41) is 4.40. The summed E-state index contributed by atoms with van der Waals surface area (Å²) in [6.07, 6.45) is 4.25. The highest BCUT2D eigenvalue weighted by Crippen LogP contribution is 2.14. The summed E-state index contributed by atoms with van der Waals surface area (Å²) >= 11 is 0. The van der Waals surface area contributed by atoms with Crippen molar-refractivity contribution in [3.63, 3.8) is 0 Å². The van der Waals surface area contributed by atoms with Crippen LogP contribution in [0, 0.1) is 0 Å². The van der Waals surface area contributed by atoms with Gasteiger partial charge in [0.15, 0.2) is 0 Å². The highest BCUT2D eigenvalue weighted by atomic mass is 16.2. The largest absolute Gasteiger partial charge is 0.349 e. The second kappa shape index (κ2) is 5.64. The molecule has 0 aliphatic rings. The molecule has 2 heterocycles. The van der Waals surface area contributed by atoms with Crippen LogP contribution in [0.3, 0.4) is 0 Å². The lowest BCUT2D eigenvalue weighted by Crippen LogP contribution is -2.26. The molecular weight excluding hydrogens is 228 g/mol. The Morgan fingerprint density at radius 2 is 2.33 bits per heavy atom. The number of hydrogen-bond donors (Lipinski definition) is 2. The molecule has 5 nitrogen and oxygen atoms in total. The summed E-state index contributed by atoms with van der Waals surface area (Å²) in [4.78, 5) is 20.4. The summed E-state index contributed by atoms with van der Waals surface area (Å²) in [5.74, 6) is 0.142. The maximum atomic E-state index is 11.4. The zero-order valence-corrected chi connectivity index (χ0v) is 10.7. The van der Waals surface area contributed by atoms with Crippen molar-refractivity contribution in [1.29, 1.82) is 0 Å². The van der Waals surface area contributed by atoms with Gasteiger partial charge in [0.25, 0.3) is 0 Å². The van der Waals surface area contributed by atoms with E-state index in [9.17, 15) is 4.79 Å². The number of carbonyl (C=O) groups is 1. The monoisotopic (exact) mass is 246 g/mol. The van der Waals surface area contributed by atoms with Crippen molar-refractivity contribution in [2.75, 3.05) is 20.6 Å². The van der Waals surface area contributed by atoms with Crippen molar-refractivity contribution in [2.45, 2.75) is 13.0 Å². The second-order valence-corrected chi connectivity index (χ2v) is 4.43. The van der Waals surface area contributed by atoms with Crippen LogP contribution in [-0.2, 0) is 11.3 Å². The van der Waals surface area contributed by atoms with Gasteiger partial charge in [0.2, 0.25) is 5.91 Å². The lowest BCUT2D eigenvalue weighted by Gasteiger charge is -2.10. The van der Waals surface area contributed by atoms with Crippen molar-refractivity contribution in [1.82, 2.24) is 20.2 Å². The van der Waals surface area contributed by atoms with Crippen LogP contribution in [-0.4, -0.2) is 41.4 Å². The van der Waals surface area contributed by atoms with Crippen LogP contribution in [0.4, 0.5) is 0 Å². The minimum Gasteiger partial charge on any atom is -0.349 e. The van der Waals surface area contributed by atoms with E-state index in [0.29, 0.717) is 13.0 Å². The first-order chi connectivity index (χ1) is 8.68. The zero-order chi connectivity index (χ0) is 13.0. The lowest BCUT2D eigenvalue weighted by molar-refractivity contribution is -0.128. The Morgan fingerprint density at radius 3 is 3.11 bits per heavy atom. The molecule has 18 heavy (non-hydrogen) atoms. The van der Waals surface area contributed by atoms with Crippen molar-refractivity contribution in [3.8, 4) is 0 Å². The molecule has 0 radical (unpaired) electrons. The molecule has 0 unspecified atom stereocenters. The van der Waals surface area contributed by atoms with E-state index in [1.807, 2.05) is 18.3 Å². The number of H-pyrrole nitrogens is 1. The predicted octanol–water partition coefficient (Wildman–Crippen LogP) is 1.13. The maximum absolute atomic E-state index is 11.4. The molecule has 96 valence electrons. The maximum Gasteiger partial charge on any atom is 0.223 e. The van der Waals surface area contributed by atoms with Crippen molar-refractivity contribution < 1.29 is 4.79 Å². The van der Waals surface area contributed by atoms with Crippen LogP contribution in [0.15, 0.2) is 24.5 Å². The molecule has 0 saturated carbocycles. The lowest BCUT2D eigenvalue weighted by atomic mass is 10.2. The average molecular weight is 246 g/mol. The third-order valence-corrected chi connectivity index (χ3v) is 2.87.